The molecule has 2 aromatic heterocycles. The lowest BCUT2D eigenvalue weighted by atomic mass is 10.0. The molecule has 0 saturated carbocycles. The largest absolute Gasteiger partial charge is 0.591 e. The minimum absolute atomic E-state index is 0.0824. The van der Waals surface area contributed by atoms with Crippen molar-refractivity contribution in [3.05, 3.63) is 35.5 Å². The molecule has 2 heterocycles. The summed E-state index contributed by atoms with van der Waals surface area (Å²) in [4.78, 5) is 7.66. The zero-order valence-corrected chi connectivity index (χ0v) is 15.4. The fourth-order valence-electron chi connectivity index (χ4n) is 2.45. The van der Waals surface area contributed by atoms with Crippen molar-refractivity contribution >= 4 is 17.1 Å². The smallest absolute Gasteiger partial charge is 0.433 e. The lowest BCUT2D eigenvalue weighted by Gasteiger charge is -2.20. The van der Waals surface area contributed by atoms with Crippen LogP contribution in [0.25, 0.3) is 11.5 Å². The number of hydrogen-bond acceptors (Lipinski definition) is 5. The molecule has 1 aliphatic carbocycles. The summed E-state index contributed by atoms with van der Waals surface area (Å²) in [6.07, 6.45) is -1.47. The summed E-state index contributed by atoms with van der Waals surface area (Å²) < 4.78 is 60.4. The Morgan fingerprint density at radius 3 is 2.62 bits per heavy atom. The topological polar surface area (TPSA) is 74.3 Å². The zero-order chi connectivity index (χ0) is 19.1. The van der Waals surface area contributed by atoms with Crippen LogP contribution in [0.4, 0.5) is 13.2 Å². The van der Waals surface area contributed by atoms with Crippen LogP contribution in [0.5, 0.6) is 0 Å². The fraction of sp³-hybridized carbons (Fsp3) is 0.471. The van der Waals surface area contributed by atoms with Gasteiger partial charge in [-0.2, -0.15) is 13.2 Å². The monoisotopic (exact) mass is 385 g/mol. The van der Waals surface area contributed by atoms with Crippen molar-refractivity contribution in [3.63, 3.8) is 0 Å². The quantitative estimate of drug-likeness (QED) is 0.721. The van der Waals surface area contributed by atoms with E-state index in [0.29, 0.717) is 30.0 Å². The Bertz CT molecular complexity index is 841. The van der Waals surface area contributed by atoms with Gasteiger partial charge in [-0.3, -0.25) is 4.98 Å². The average Bonchev–Trinajstić information content (AvgIpc) is 2.98. The first-order valence-corrected chi connectivity index (χ1v) is 9.19. The molecule has 9 heteroatoms. The van der Waals surface area contributed by atoms with E-state index in [4.69, 9.17) is 4.42 Å². The number of oxazole rings is 1. The van der Waals surface area contributed by atoms with E-state index in [9.17, 15) is 17.7 Å². The second kappa shape index (κ2) is 6.70. The molecular weight excluding hydrogens is 367 g/mol. The van der Waals surface area contributed by atoms with Crippen molar-refractivity contribution in [2.45, 2.75) is 51.0 Å². The summed E-state index contributed by atoms with van der Waals surface area (Å²) >= 11 is -1.45. The van der Waals surface area contributed by atoms with Gasteiger partial charge >= 0.3 is 6.18 Å². The Morgan fingerprint density at radius 1 is 1.23 bits per heavy atom. The first-order chi connectivity index (χ1) is 12.1. The van der Waals surface area contributed by atoms with E-state index in [2.05, 4.69) is 14.4 Å². The predicted octanol–water partition coefficient (Wildman–Crippen LogP) is 4.34. The Morgan fingerprint density at radius 2 is 1.96 bits per heavy atom. The van der Waals surface area contributed by atoms with E-state index in [1.54, 1.807) is 0 Å². The zero-order valence-electron chi connectivity index (χ0n) is 14.6. The highest BCUT2D eigenvalue weighted by Crippen LogP contribution is 2.33. The molecule has 0 spiro atoms. The molecular formula is C17H18F3N3O2S. The summed E-state index contributed by atoms with van der Waals surface area (Å²) in [6, 6.07) is 2.32. The van der Waals surface area contributed by atoms with Gasteiger partial charge in [0, 0.05) is 11.8 Å². The van der Waals surface area contributed by atoms with E-state index in [0.717, 1.165) is 18.7 Å². The third kappa shape index (κ3) is 3.93. The van der Waals surface area contributed by atoms with Crippen molar-refractivity contribution in [2.75, 3.05) is 0 Å². The first-order valence-electron chi connectivity index (χ1n) is 8.09. The Labute approximate surface area is 152 Å². The number of fused-ring (bicyclic) bond motifs is 1. The van der Waals surface area contributed by atoms with Gasteiger partial charge in [0.2, 0.25) is 5.89 Å². The van der Waals surface area contributed by atoms with Crippen LogP contribution in [0, 0.1) is 0 Å². The van der Waals surface area contributed by atoms with Gasteiger partial charge in [0.1, 0.15) is 27.5 Å². The lowest BCUT2D eigenvalue weighted by molar-refractivity contribution is -0.141. The predicted molar refractivity (Wildman–Crippen MR) is 92.1 cm³/mol. The maximum absolute atomic E-state index is 12.9. The molecule has 1 atom stereocenters. The van der Waals surface area contributed by atoms with Crippen molar-refractivity contribution in [3.8, 4) is 11.5 Å². The number of hydrogen-bond donors (Lipinski definition) is 0. The van der Waals surface area contributed by atoms with Crippen LogP contribution >= 0.6 is 0 Å². The van der Waals surface area contributed by atoms with Gasteiger partial charge < -0.3 is 8.97 Å². The molecule has 0 aromatic carbocycles. The van der Waals surface area contributed by atoms with Crippen LogP contribution in [0.15, 0.2) is 27.1 Å². The van der Waals surface area contributed by atoms with Crippen LogP contribution in [0.2, 0.25) is 0 Å². The van der Waals surface area contributed by atoms with Crippen molar-refractivity contribution in [1.82, 2.24) is 9.97 Å². The summed E-state index contributed by atoms with van der Waals surface area (Å²) in [7, 11) is 0. The van der Waals surface area contributed by atoms with Crippen LogP contribution in [-0.4, -0.2) is 25.0 Å². The third-order valence-corrected chi connectivity index (χ3v) is 5.23. The van der Waals surface area contributed by atoms with Gasteiger partial charge in [0.25, 0.3) is 0 Å². The van der Waals surface area contributed by atoms with Gasteiger partial charge in [-0.05, 0) is 52.2 Å². The number of alkyl halides is 3. The maximum Gasteiger partial charge on any atom is 0.433 e. The Hall–Kier alpha value is -1.87. The molecule has 0 aliphatic heterocycles. The molecule has 0 bridgehead atoms. The lowest BCUT2D eigenvalue weighted by Crippen LogP contribution is -2.27. The highest BCUT2D eigenvalue weighted by atomic mass is 32.2. The second-order valence-electron chi connectivity index (χ2n) is 6.98. The highest BCUT2D eigenvalue weighted by Gasteiger charge is 2.34. The molecule has 1 unspecified atom stereocenters. The van der Waals surface area contributed by atoms with Gasteiger partial charge in [0.15, 0.2) is 5.76 Å². The molecule has 5 nitrogen and oxygen atoms in total. The SMILES string of the molecule is CC(C)(C)[S+]([O-])N=C1CCCc2nc(-c3ccnc(C(F)(F)F)c3)oc21. The number of aryl methyl sites for hydroxylation is 1. The van der Waals surface area contributed by atoms with Gasteiger partial charge in [0.05, 0.1) is 5.69 Å². The number of pyridine rings is 1. The molecule has 0 fully saturated rings. The molecule has 0 N–H and O–H groups in total. The van der Waals surface area contributed by atoms with E-state index in [-0.39, 0.29) is 11.5 Å². The molecule has 0 radical (unpaired) electrons. The van der Waals surface area contributed by atoms with Crippen LogP contribution in [-0.2, 0) is 24.0 Å². The minimum Gasteiger partial charge on any atom is -0.591 e. The van der Waals surface area contributed by atoms with Crippen molar-refractivity contribution in [1.29, 1.82) is 0 Å². The van der Waals surface area contributed by atoms with E-state index in [1.807, 2.05) is 20.8 Å². The highest BCUT2D eigenvalue weighted by molar-refractivity contribution is 7.91. The van der Waals surface area contributed by atoms with Gasteiger partial charge in [-0.25, -0.2) is 4.98 Å². The summed E-state index contributed by atoms with van der Waals surface area (Å²) in [6.45, 7) is 5.45. The molecule has 0 amide bonds. The molecule has 2 aromatic rings. The number of halogens is 3. The van der Waals surface area contributed by atoms with Crippen LogP contribution in [0.3, 0.4) is 0 Å². The van der Waals surface area contributed by atoms with Gasteiger partial charge in [-0.15, -0.1) is 0 Å². The van der Waals surface area contributed by atoms with E-state index in [1.165, 1.54) is 6.07 Å². The number of nitrogens with zero attached hydrogens (tertiary/aromatic N) is 3. The molecule has 140 valence electrons. The average molecular weight is 385 g/mol. The van der Waals surface area contributed by atoms with Crippen LogP contribution < -0.4 is 0 Å². The van der Waals surface area contributed by atoms with Crippen molar-refractivity contribution < 1.29 is 22.1 Å². The number of rotatable bonds is 2. The van der Waals surface area contributed by atoms with E-state index >= 15 is 0 Å². The summed E-state index contributed by atoms with van der Waals surface area (Å²) in [5, 5.41) is 0. The molecule has 1 aliphatic rings. The fourth-order valence-corrected chi connectivity index (χ4v) is 3.10. The molecule has 26 heavy (non-hydrogen) atoms. The van der Waals surface area contributed by atoms with Crippen molar-refractivity contribution in [2.24, 2.45) is 4.40 Å². The maximum atomic E-state index is 12.9. The molecule has 0 saturated heterocycles. The van der Waals surface area contributed by atoms with E-state index < -0.39 is 28.0 Å². The first kappa shape index (κ1) is 18.9. The normalized spacial score (nSPS) is 18.0. The minimum atomic E-state index is -4.54. The second-order valence-corrected chi connectivity index (χ2v) is 8.88. The van der Waals surface area contributed by atoms with Gasteiger partial charge in [-0.1, -0.05) is 4.40 Å². The Kier molecular flexibility index (Phi) is 4.87. The summed E-state index contributed by atoms with van der Waals surface area (Å²) in [5.74, 6) is 0.494. The standard InChI is InChI=1S/C17H18F3N3O2S/c1-16(2,3)26(24)23-12-6-4-5-11-14(12)25-15(22-11)10-7-8-21-13(9-10)17(18,19)20/h7-9H,4-6H2,1-3H3. The summed E-state index contributed by atoms with van der Waals surface area (Å²) in [5.41, 5.74) is 0.358. The number of aromatic nitrogens is 2. The Balaban J connectivity index is 1.99. The third-order valence-electron chi connectivity index (χ3n) is 3.80. The van der Waals surface area contributed by atoms with Crippen LogP contribution in [0.1, 0.15) is 50.8 Å². The molecule has 3 rings (SSSR count).